The Bertz CT molecular complexity index is 569. The highest BCUT2D eigenvalue weighted by Crippen LogP contribution is 2.33. The Morgan fingerprint density at radius 1 is 1.50 bits per heavy atom. The maximum absolute atomic E-state index is 11.3. The zero-order chi connectivity index (χ0) is 16.3. The van der Waals surface area contributed by atoms with Crippen LogP contribution in [-0.4, -0.2) is 46.7 Å². The van der Waals surface area contributed by atoms with Crippen LogP contribution in [0.25, 0.3) is 0 Å². The molecule has 0 saturated carbocycles. The summed E-state index contributed by atoms with van der Waals surface area (Å²) in [7, 11) is 0. The summed E-state index contributed by atoms with van der Waals surface area (Å²) in [5, 5.41) is 14.2. The molecule has 2 atom stereocenters. The smallest absolute Gasteiger partial charge is 0.353 e. The molecule has 1 fully saturated rings. The molecule has 2 rings (SSSR count). The maximum atomic E-state index is 11.3. The van der Waals surface area contributed by atoms with Gasteiger partial charge in [-0.25, -0.2) is 0 Å². The van der Waals surface area contributed by atoms with Gasteiger partial charge in [-0.2, -0.15) is 9.97 Å². The second-order valence-corrected chi connectivity index (χ2v) is 5.19. The van der Waals surface area contributed by atoms with E-state index in [1.54, 1.807) is 6.08 Å². The summed E-state index contributed by atoms with van der Waals surface area (Å²) in [5.41, 5.74) is 5.48. The normalized spacial score (nSPS) is 21.5. The molecule has 3 N–H and O–H groups in total. The average Bonchev–Trinajstić information content (AvgIpc) is 2.42. The number of aromatic nitrogens is 2. The molecular formula is C13H20N6O3. The van der Waals surface area contributed by atoms with Crippen LogP contribution in [-0.2, 0) is 4.74 Å². The Kier molecular flexibility index (Phi) is 4.76. The summed E-state index contributed by atoms with van der Waals surface area (Å²) in [6, 6.07) is 0. The van der Waals surface area contributed by atoms with E-state index in [2.05, 4.69) is 21.9 Å². The van der Waals surface area contributed by atoms with Crippen LogP contribution in [0.4, 0.5) is 23.3 Å². The summed E-state index contributed by atoms with van der Waals surface area (Å²) in [6.45, 7) is 8.86. The molecule has 9 heteroatoms. The molecule has 1 saturated heterocycles. The standard InChI is InChI=1S/C13H20N6O3/c1-4-5-15-13-16-11(14)10(19(20)21)12(17-13)18-6-8(2)22-9(3)7-18/h4,8-9H,1,5-7H2,2-3H3,(H3,14,15,16,17)/t8-,9-/m0/s1. The number of morpholine rings is 1. The lowest BCUT2D eigenvalue weighted by Crippen LogP contribution is -2.46. The van der Waals surface area contributed by atoms with Crippen LogP contribution in [0.1, 0.15) is 13.8 Å². The summed E-state index contributed by atoms with van der Waals surface area (Å²) >= 11 is 0. The van der Waals surface area contributed by atoms with Gasteiger partial charge in [0, 0.05) is 19.6 Å². The van der Waals surface area contributed by atoms with Crippen molar-refractivity contribution in [2.75, 3.05) is 35.6 Å². The van der Waals surface area contributed by atoms with Gasteiger partial charge in [0.1, 0.15) is 0 Å². The van der Waals surface area contributed by atoms with E-state index in [0.717, 1.165) is 0 Å². The molecule has 120 valence electrons. The molecule has 0 radical (unpaired) electrons. The van der Waals surface area contributed by atoms with Crippen LogP contribution in [0, 0.1) is 10.1 Å². The minimum absolute atomic E-state index is 0.0517. The summed E-state index contributed by atoms with van der Waals surface area (Å²) in [6.07, 6.45) is 1.53. The third kappa shape index (κ3) is 3.42. The molecule has 9 nitrogen and oxygen atoms in total. The molecule has 1 aliphatic heterocycles. The molecular weight excluding hydrogens is 288 g/mol. The number of nitrogen functional groups attached to an aromatic ring is 1. The first-order chi connectivity index (χ1) is 10.4. The third-order valence-corrected chi connectivity index (χ3v) is 3.20. The second kappa shape index (κ2) is 6.56. The van der Waals surface area contributed by atoms with Crippen molar-refractivity contribution >= 4 is 23.3 Å². The van der Waals surface area contributed by atoms with Crippen molar-refractivity contribution in [2.24, 2.45) is 0 Å². The van der Waals surface area contributed by atoms with E-state index >= 15 is 0 Å². The van der Waals surface area contributed by atoms with Gasteiger partial charge in [-0.05, 0) is 13.8 Å². The van der Waals surface area contributed by atoms with Crippen LogP contribution in [0.15, 0.2) is 12.7 Å². The minimum atomic E-state index is -0.549. The lowest BCUT2D eigenvalue weighted by molar-refractivity contribution is -0.383. The van der Waals surface area contributed by atoms with Gasteiger partial charge in [-0.15, -0.1) is 6.58 Å². The number of rotatable bonds is 5. The highest BCUT2D eigenvalue weighted by molar-refractivity contribution is 5.71. The van der Waals surface area contributed by atoms with Crippen LogP contribution in [0.5, 0.6) is 0 Å². The van der Waals surface area contributed by atoms with Crippen LogP contribution < -0.4 is 16.0 Å². The maximum Gasteiger partial charge on any atom is 0.353 e. The van der Waals surface area contributed by atoms with Gasteiger partial charge in [-0.3, -0.25) is 10.1 Å². The lowest BCUT2D eigenvalue weighted by atomic mass is 10.2. The molecule has 0 bridgehead atoms. The van der Waals surface area contributed by atoms with Gasteiger partial charge < -0.3 is 20.7 Å². The van der Waals surface area contributed by atoms with E-state index in [1.807, 2.05) is 18.7 Å². The van der Waals surface area contributed by atoms with Crippen molar-refractivity contribution in [2.45, 2.75) is 26.1 Å². The molecule has 0 aliphatic carbocycles. The Morgan fingerprint density at radius 3 is 2.68 bits per heavy atom. The highest BCUT2D eigenvalue weighted by atomic mass is 16.6. The van der Waals surface area contributed by atoms with Crippen molar-refractivity contribution in [1.82, 2.24) is 9.97 Å². The molecule has 1 aromatic rings. The predicted molar refractivity (Wildman–Crippen MR) is 84.0 cm³/mol. The van der Waals surface area contributed by atoms with Gasteiger partial charge in [0.05, 0.1) is 17.1 Å². The van der Waals surface area contributed by atoms with E-state index < -0.39 is 4.92 Å². The fourth-order valence-electron chi connectivity index (χ4n) is 2.45. The van der Waals surface area contributed by atoms with Crippen molar-refractivity contribution in [1.29, 1.82) is 0 Å². The van der Waals surface area contributed by atoms with E-state index in [-0.39, 0.29) is 35.5 Å². The van der Waals surface area contributed by atoms with Crippen LogP contribution >= 0.6 is 0 Å². The fraction of sp³-hybridized carbons (Fsp3) is 0.538. The monoisotopic (exact) mass is 308 g/mol. The van der Waals surface area contributed by atoms with Gasteiger partial charge in [0.15, 0.2) is 0 Å². The fourth-order valence-corrected chi connectivity index (χ4v) is 2.45. The summed E-state index contributed by atoms with van der Waals surface area (Å²) in [5.74, 6) is 0.296. The predicted octanol–water partition coefficient (Wildman–Crippen LogP) is 1.18. The average molecular weight is 308 g/mol. The van der Waals surface area contributed by atoms with E-state index in [9.17, 15) is 10.1 Å². The largest absolute Gasteiger partial charge is 0.378 e. The van der Waals surface area contributed by atoms with Crippen molar-refractivity contribution in [3.63, 3.8) is 0 Å². The van der Waals surface area contributed by atoms with E-state index in [1.165, 1.54) is 0 Å². The second-order valence-electron chi connectivity index (χ2n) is 5.19. The van der Waals surface area contributed by atoms with E-state index in [0.29, 0.717) is 19.6 Å². The highest BCUT2D eigenvalue weighted by Gasteiger charge is 2.31. The first-order valence-electron chi connectivity index (χ1n) is 6.99. The van der Waals surface area contributed by atoms with Gasteiger partial charge in [-0.1, -0.05) is 6.08 Å². The van der Waals surface area contributed by atoms with Crippen LogP contribution in [0.3, 0.4) is 0 Å². The Hall–Kier alpha value is -2.42. The quantitative estimate of drug-likeness (QED) is 0.472. The number of nitro groups is 1. The number of anilines is 3. The number of ether oxygens (including phenoxy) is 1. The molecule has 0 spiro atoms. The number of nitrogens with one attached hydrogen (secondary N) is 1. The van der Waals surface area contributed by atoms with E-state index in [4.69, 9.17) is 10.5 Å². The third-order valence-electron chi connectivity index (χ3n) is 3.20. The molecule has 1 aromatic heterocycles. The Balaban J connectivity index is 2.43. The van der Waals surface area contributed by atoms with Crippen molar-refractivity contribution in [3.8, 4) is 0 Å². The zero-order valence-electron chi connectivity index (χ0n) is 12.7. The summed E-state index contributed by atoms with van der Waals surface area (Å²) < 4.78 is 5.65. The minimum Gasteiger partial charge on any atom is -0.378 e. The lowest BCUT2D eigenvalue weighted by Gasteiger charge is -2.35. The summed E-state index contributed by atoms with van der Waals surface area (Å²) in [4.78, 5) is 20.8. The number of nitrogens with zero attached hydrogens (tertiary/aromatic N) is 4. The first kappa shape index (κ1) is 16.0. The Labute approximate surface area is 128 Å². The first-order valence-corrected chi connectivity index (χ1v) is 6.99. The number of hydrogen-bond donors (Lipinski definition) is 2. The number of hydrogen-bond acceptors (Lipinski definition) is 8. The van der Waals surface area contributed by atoms with Gasteiger partial charge >= 0.3 is 5.69 Å². The van der Waals surface area contributed by atoms with Crippen molar-refractivity contribution in [3.05, 3.63) is 22.8 Å². The zero-order valence-corrected chi connectivity index (χ0v) is 12.7. The Morgan fingerprint density at radius 2 is 2.14 bits per heavy atom. The number of nitrogens with two attached hydrogens (primary N) is 1. The molecule has 0 unspecified atom stereocenters. The van der Waals surface area contributed by atoms with Crippen LogP contribution in [0.2, 0.25) is 0 Å². The molecule has 0 amide bonds. The SMILES string of the molecule is C=CCNc1nc(N)c([N+](=O)[O-])c(N2C[C@H](C)O[C@@H](C)C2)n1. The molecule has 1 aliphatic rings. The molecule has 0 aromatic carbocycles. The molecule has 22 heavy (non-hydrogen) atoms. The van der Waals surface area contributed by atoms with Crippen molar-refractivity contribution < 1.29 is 9.66 Å². The molecule has 2 heterocycles. The topological polar surface area (TPSA) is 119 Å². The van der Waals surface area contributed by atoms with Gasteiger partial charge in [0.25, 0.3) is 0 Å². The van der Waals surface area contributed by atoms with Gasteiger partial charge in [0.2, 0.25) is 17.6 Å².